The largest absolute Gasteiger partial charge is 0.348 e. The lowest BCUT2D eigenvalue weighted by atomic mass is 10.2. The topological polar surface area (TPSA) is 78.8 Å². The maximum atomic E-state index is 12.0. The molecule has 1 saturated heterocycles. The predicted octanol–water partition coefficient (Wildman–Crippen LogP) is 1.59. The minimum atomic E-state index is -2.98. The number of anilines is 1. The number of nitrogens with one attached hydrogen (secondary N) is 1. The number of hydrogen-bond acceptors (Lipinski definition) is 6. The first-order valence-corrected chi connectivity index (χ1v) is 10.6. The van der Waals surface area contributed by atoms with Crippen molar-refractivity contribution in [3.63, 3.8) is 0 Å². The third-order valence-electron chi connectivity index (χ3n) is 3.83. The number of hydrogen-bond donors (Lipinski definition) is 1. The Kier molecular flexibility index (Phi) is 4.70. The van der Waals surface area contributed by atoms with Gasteiger partial charge in [0.2, 0.25) is 5.91 Å². The number of aliphatic imine (C=N–C) groups is 1. The maximum Gasteiger partial charge on any atom is 0.234 e. The van der Waals surface area contributed by atoms with Crippen LogP contribution in [-0.4, -0.2) is 60.8 Å². The molecule has 124 valence electrons. The molecule has 0 bridgehead atoms. The molecule has 1 aromatic carbocycles. The Hall–Kier alpha value is -1.06. The van der Waals surface area contributed by atoms with Crippen molar-refractivity contribution in [1.82, 2.24) is 4.90 Å². The molecule has 3 rings (SSSR count). The normalized spacial score (nSPS) is 25.1. The Labute approximate surface area is 147 Å². The smallest absolute Gasteiger partial charge is 0.234 e. The van der Waals surface area contributed by atoms with Gasteiger partial charge in [-0.1, -0.05) is 27.7 Å². The summed E-state index contributed by atoms with van der Waals surface area (Å²) >= 11 is 4.68. The number of carbonyl (C=O) groups excluding carboxylic acids is 1. The Bertz CT molecular complexity index is 749. The summed E-state index contributed by atoms with van der Waals surface area (Å²) in [5, 5.41) is 3.56. The van der Waals surface area contributed by atoms with Crippen molar-refractivity contribution in [3.05, 3.63) is 28.7 Å². The van der Waals surface area contributed by atoms with Gasteiger partial charge in [0.15, 0.2) is 15.0 Å². The third kappa shape index (κ3) is 3.89. The first kappa shape index (κ1) is 16.8. The fraction of sp³-hybridized carbons (Fsp3) is 0.429. The van der Waals surface area contributed by atoms with Crippen LogP contribution >= 0.6 is 27.7 Å². The van der Waals surface area contributed by atoms with Gasteiger partial charge in [-0.05, 0) is 24.3 Å². The number of amides is 1. The van der Waals surface area contributed by atoms with Crippen LogP contribution in [-0.2, 0) is 14.6 Å². The molecule has 9 heteroatoms. The molecule has 0 aliphatic carbocycles. The summed E-state index contributed by atoms with van der Waals surface area (Å²) in [5.41, 5.74) is 0.739. The SMILES string of the molecule is CN1C(SCC(=O)Nc2ccc(Br)cc2)=NC2CS(=O)(=O)CC21. The molecular formula is C14H16BrN3O3S2. The summed E-state index contributed by atoms with van der Waals surface area (Å²) in [6.45, 7) is 0. The number of likely N-dealkylation sites (N-methyl/N-ethyl adjacent to an activating group) is 1. The molecule has 0 saturated carbocycles. The number of nitrogens with zero attached hydrogens (tertiary/aromatic N) is 2. The Morgan fingerprint density at radius 3 is 2.74 bits per heavy atom. The highest BCUT2D eigenvalue weighted by atomic mass is 79.9. The van der Waals surface area contributed by atoms with Crippen LogP contribution < -0.4 is 5.32 Å². The van der Waals surface area contributed by atoms with E-state index in [0.717, 1.165) is 15.3 Å². The monoisotopic (exact) mass is 417 g/mol. The average Bonchev–Trinajstić information content (AvgIpc) is 2.93. The maximum absolute atomic E-state index is 12.0. The number of fused-ring (bicyclic) bond motifs is 1. The van der Waals surface area contributed by atoms with Crippen LogP contribution in [0.1, 0.15) is 0 Å². The number of amidine groups is 1. The zero-order valence-electron chi connectivity index (χ0n) is 12.4. The standard InChI is InChI=1S/C14H16BrN3O3S2/c1-18-12-8-23(20,21)7-11(12)17-14(18)22-6-13(19)16-10-4-2-9(15)3-5-10/h2-5,11-12H,6-8H2,1H3,(H,16,19). The second-order valence-corrected chi connectivity index (χ2v) is 9.59. The number of halogens is 1. The van der Waals surface area contributed by atoms with Crippen molar-refractivity contribution >= 4 is 54.3 Å². The molecule has 0 spiro atoms. The predicted molar refractivity (Wildman–Crippen MR) is 96.7 cm³/mol. The fourth-order valence-corrected chi connectivity index (χ4v) is 5.74. The molecule has 1 amide bonds. The van der Waals surface area contributed by atoms with Crippen molar-refractivity contribution in [2.24, 2.45) is 4.99 Å². The summed E-state index contributed by atoms with van der Waals surface area (Å²) in [7, 11) is -1.14. The van der Waals surface area contributed by atoms with E-state index in [2.05, 4.69) is 26.2 Å². The zero-order chi connectivity index (χ0) is 16.6. The molecule has 0 aromatic heterocycles. The highest BCUT2D eigenvalue weighted by Crippen LogP contribution is 2.29. The molecule has 1 aromatic rings. The van der Waals surface area contributed by atoms with E-state index in [1.807, 2.05) is 36.2 Å². The van der Waals surface area contributed by atoms with Crippen LogP contribution in [0.25, 0.3) is 0 Å². The van der Waals surface area contributed by atoms with Crippen molar-refractivity contribution in [2.75, 3.05) is 29.6 Å². The summed E-state index contributed by atoms with van der Waals surface area (Å²) in [4.78, 5) is 18.3. The Morgan fingerprint density at radius 2 is 2.09 bits per heavy atom. The molecule has 1 fully saturated rings. The highest BCUT2D eigenvalue weighted by Gasteiger charge is 2.45. The van der Waals surface area contributed by atoms with Crippen LogP contribution in [0.2, 0.25) is 0 Å². The third-order valence-corrected chi connectivity index (χ3v) is 7.11. The van der Waals surface area contributed by atoms with Gasteiger partial charge in [0.05, 0.1) is 29.3 Å². The van der Waals surface area contributed by atoms with E-state index in [9.17, 15) is 13.2 Å². The summed E-state index contributed by atoms with van der Waals surface area (Å²) in [5.74, 6) is 0.383. The first-order chi connectivity index (χ1) is 10.8. The fourth-order valence-electron chi connectivity index (χ4n) is 2.68. The summed E-state index contributed by atoms with van der Waals surface area (Å²) in [6.07, 6.45) is 0. The van der Waals surface area contributed by atoms with Crippen LogP contribution in [0, 0.1) is 0 Å². The second kappa shape index (κ2) is 6.45. The van der Waals surface area contributed by atoms with Crippen LogP contribution in [0.5, 0.6) is 0 Å². The zero-order valence-corrected chi connectivity index (χ0v) is 15.6. The molecule has 2 atom stereocenters. The van der Waals surface area contributed by atoms with Gasteiger partial charge in [0.1, 0.15) is 0 Å². The van der Waals surface area contributed by atoms with Crippen molar-refractivity contribution < 1.29 is 13.2 Å². The van der Waals surface area contributed by atoms with Crippen molar-refractivity contribution in [2.45, 2.75) is 12.1 Å². The van der Waals surface area contributed by atoms with E-state index in [0.29, 0.717) is 0 Å². The van der Waals surface area contributed by atoms with E-state index in [4.69, 9.17) is 0 Å². The average molecular weight is 418 g/mol. The first-order valence-electron chi connectivity index (χ1n) is 7.03. The lowest BCUT2D eigenvalue weighted by Gasteiger charge is -2.20. The molecular weight excluding hydrogens is 402 g/mol. The Morgan fingerprint density at radius 1 is 1.39 bits per heavy atom. The summed E-state index contributed by atoms with van der Waals surface area (Å²) < 4.78 is 24.2. The number of carbonyl (C=O) groups is 1. The van der Waals surface area contributed by atoms with Crippen LogP contribution in [0.4, 0.5) is 5.69 Å². The van der Waals surface area contributed by atoms with Gasteiger partial charge in [-0.3, -0.25) is 9.79 Å². The van der Waals surface area contributed by atoms with E-state index in [-0.39, 0.29) is 35.2 Å². The van der Waals surface area contributed by atoms with Gasteiger partial charge in [-0.2, -0.15) is 0 Å². The van der Waals surface area contributed by atoms with Crippen LogP contribution in [0.15, 0.2) is 33.7 Å². The number of thioether (sulfide) groups is 1. The van der Waals surface area contributed by atoms with E-state index in [1.165, 1.54) is 11.8 Å². The minimum absolute atomic E-state index is 0.0861. The van der Waals surface area contributed by atoms with E-state index >= 15 is 0 Å². The molecule has 2 aliphatic heterocycles. The summed E-state index contributed by atoms with van der Waals surface area (Å²) in [6, 6.07) is 7.08. The number of benzene rings is 1. The second-order valence-electron chi connectivity index (χ2n) is 5.58. The van der Waals surface area contributed by atoms with E-state index < -0.39 is 9.84 Å². The molecule has 0 radical (unpaired) electrons. The Balaban J connectivity index is 1.54. The molecule has 2 heterocycles. The minimum Gasteiger partial charge on any atom is -0.348 e. The van der Waals surface area contributed by atoms with Crippen molar-refractivity contribution in [3.8, 4) is 0 Å². The van der Waals surface area contributed by atoms with Gasteiger partial charge in [-0.25, -0.2) is 8.42 Å². The lowest BCUT2D eigenvalue weighted by molar-refractivity contribution is -0.113. The molecule has 1 N–H and O–H groups in total. The van der Waals surface area contributed by atoms with Gasteiger partial charge < -0.3 is 10.2 Å². The van der Waals surface area contributed by atoms with Gasteiger partial charge in [0.25, 0.3) is 0 Å². The molecule has 2 unspecified atom stereocenters. The van der Waals surface area contributed by atoms with E-state index in [1.54, 1.807) is 0 Å². The van der Waals surface area contributed by atoms with Gasteiger partial charge in [0, 0.05) is 17.2 Å². The van der Waals surface area contributed by atoms with Crippen molar-refractivity contribution in [1.29, 1.82) is 0 Å². The number of rotatable bonds is 3. The van der Waals surface area contributed by atoms with Gasteiger partial charge in [-0.15, -0.1) is 0 Å². The quantitative estimate of drug-likeness (QED) is 0.807. The number of sulfone groups is 1. The molecule has 23 heavy (non-hydrogen) atoms. The van der Waals surface area contributed by atoms with Gasteiger partial charge >= 0.3 is 0 Å². The molecule has 6 nitrogen and oxygen atoms in total. The highest BCUT2D eigenvalue weighted by molar-refractivity contribution is 9.10. The molecule has 2 aliphatic rings. The van der Waals surface area contributed by atoms with Crippen LogP contribution in [0.3, 0.4) is 0 Å². The lowest BCUT2D eigenvalue weighted by Crippen LogP contribution is -2.35.